The molecule has 0 spiro atoms. The van der Waals surface area contributed by atoms with Gasteiger partial charge in [-0.05, 0) is 32.2 Å². The molecule has 0 bridgehead atoms. The summed E-state index contributed by atoms with van der Waals surface area (Å²) >= 11 is 0. The third kappa shape index (κ3) is 3.61. The molecule has 0 heterocycles. The van der Waals surface area contributed by atoms with Crippen molar-refractivity contribution in [3.63, 3.8) is 0 Å². The number of hydrogen-bond donors (Lipinski definition) is 1. The molecule has 96 valence electrons. The monoisotopic (exact) mass is 239 g/mol. The Balaban J connectivity index is 3.04. The van der Waals surface area contributed by atoms with Gasteiger partial charge in [0.2, 0.25) is 0 Å². The normalized spacial score (nSPS) is 12.2. The van der Waals surface area contributed by atoms with Crippen molar-refractivity contribution in [1.82, 2.24) is 5.32 Å². The van der Waals surface area contributed by atoms with Crippen molar-refractivity contribution < 1.29 is 14.2 Å². The Kier molecular flexibility index (Phi) is 5.80. The second-order valence-electron chi connectivity index (χ2n) is 3.61. The van der Waals surface area contributed by atoms with Crippen LogP contribution in [-0.4, -0.2) is 34.4 Å². The Hall–Kier alpha value is -1.26. The molecule has 1 rings (SSSR count). The zero-order valence-corrected chi connectivity index (χ0v) is 10.9. The van der Waals surface area contributed by atoms with E-state index in [4.69, 9.17) is 14.2 Å². The molecule has 0 aliphatic rings. The van der Waals surface area contributed by atoms with Gasteiger partial charge in [0.25, 0.3) is 0 Å². The van der Waals surface area contributed by atoms with Gasteiger partial charge in [-0.2, -0.15) is 0 Å². The number of benzene rings is 1. The van der Waals surface area contributed by atoms with Crippen LogP contribution in [0.3, 0.4) is 0 Å². The first kappa shape index (κ1) is 13.8. The minimum absolute atomic E-state index is 0.0324. The van der Waals surface area contributed by atoms with Gasteiger partial charge in [-0.3, -0.25) is 0 Å². The van der Waals surface area contributed by atoms with E-state index < -0.39 is 0 Å². The van der Waals surface area contributed by atoms with Crippen molar-refractivity contribution in [2.75, 3.05) is 34.4 Å². The van der Waals surface area contributed by atoms with E-state index in [0.717, 1.165) is 23.6 Å². The van der Waals surface area contributed by atoms with Gasteiger partial charge in [-0.25, -0.2) is 0 Å². The Morgan fingerprint density at radius 1 is 1.24 bits per heavy atom. The van der Waals surface area contributed by atoms with Crippen LogP contribution in [0.1, 0.15) is 18.6 Å². The van der Waals surface area contributed by atoms with Crippen molar-refractivity contribution in [2.45, 2.75) is 13.0 Å². The van der Waals surface area contributed by atoms with Crippen LogP contribution in [0.15, 0.2) is 18.2 Å². The largest absolute Gasteiger partial charge is 0.497 e. The summed E-state index contributed by atoms with van der Waals surface area (Å²) in [6.07, 6.45) is -0.0324. The Morgan fingerprint density at radius 2 is 2.00 bits per heavy atom. The van der Waals surface area contributed by atoms with Crippen molar-refractivity contribution in [3.05, 3.63) is 23.8 Å². The Bertz CT molecular complexity index is 335. The average molecular weight is 239 g/mol. The highest BCUT2D eigenvalue weighted by atomic mass is 16.5. The summed E-state index contributed by atoms with van der Waals surface area (Å²) in [7, 11) is 5.21. The van der Waals surface area contributed by atoms with Gasteiger partial charge in [0.15, 0.2) is 0 Å². The summed E-state index contributed by atoms with van der Waals surface area (Å²) in [5.74, 6) is 1.63. The van der Waals surface area contributed by atoms with Gasteiger partial charge in [0.1, 0.15) is 11.5 Å². The number of rotatable bonds is 7. The molecule has 1 N–H and O–H groups in total. The van der Waals surface area contributed by atoms with E-state index in [0.29, 0.717) is 6.61 Å². The zero-order chi connectivity index (χ0) is 12.7. The molecule has 4 nitrogen and oxygen atoms in total. The summed E-state index contributed by atoms with van der Waals surface area (Å²) in [5, 5.41) is 3.12. The number of methoxy groups -OCH3 is 2. The van der Waals surface area contributed by atoms with E-state index in [1.54, 1.807) is 14.2 Å². The van der Waals surface area contributed by atoms with E-state index >= 15 is 0 Å². The lowest BCUT2D eigenvalue weighted by atomic mass is 10.1. The van der Waals surface area contributed by atoms with Gasteiger partial charge in [0, 0.05) is 18.7 Å². The second kappa shape index (κ2) is 7.14. The fourth-order valence-corrected chi connectivity index (χ4v) is 1.74. The van der Waals surface area contributed by atoms with Crippen LogP contribution in [0, 0.1) is 0 Å². The molecule has 0 aliphatic heterocycles. The van der Waals surface area contributed by atoms with Crippen LogP contribution in [0.5, 0.6) is 11.5 Å². The molecule has 0 aliphatic carbocycles. The molecular weight excluding hydrogens is 218 g/mol. The predicted octanol–water partition coefficient (Wildman–Crippen LogP) is 2.00. The smallest absolute Gasteiger partial charge is 0.124 e. The highest BCUT2D eigenvalue weighted by molar-refractivity contribution is 5.41. The SMILES string of the molecule is CCOC(CNC)c1cc(OC)ccc1OC. The number of nitrogens with one attached hydrogen (secondary N) is 1. The van der Waals surface area contributed by atoms with Crippen LogP contribution in [0.25, 0.3) is 0 Å². The summed E-state index contributed by atoms with van der Waals surface area (Å²) < 4.78 is 16.3. The summed E-state index contributed by atoms with van der Waals surface area (Å²) in [4.78, 5) is 0. The highest BCUT2D eigenvalue weighted by Gasteiger charge is 2.16. The van der Waals surface area contributed by atoms with Crippen LogP contribution in [0.4, 0.5) is 0 Å². The fourth-order valence-electron chi connectivity index (χ4n) is 1.74. The molecule has 0 saturated heterocycles. The van der Waals surface area contributed by atoms with Crippen molar-refractivity contribution in [2.24, 2.45) is 0 Å². The maximum Gasteiger partial charge on any atom is 0.124 e. The first-order chi connectivity index (χ1) is 8.26. The fraction of sp³-hybridized carbons (Fsp3) is 0.538. The summed E-state index contributed by atoms with van der Waals surface area (Å²) in [6.45, 7) is 3.37. The van der Waals surface area contributed by atoms with Gasteiger partial charge in [-0.1, -0.05) is 0 Å². The van der Waals surface area contributed by atoms with Gasteiger partial charge >= 0.3 is 0 Å². The van der Waals surface area contributed by atoms with E-state index in [1.807, 2.05) is 32.2 Å². The van der Waals surface area contributed by atoms with E-state index in [9.17, 15) is 0 Å². The Morgan fingerprint density at radius 3 is 2.53 bits per heavy atom. The van der Waals surface area contributed by atoms with E-state index in [-0.39, 0.29) is 6.10 Å². The van der Waals surface area contributed by atoms with Crippen molar-refractivity contribution in [3.8, 4) is 11.5 Å². The summed E-state index contributed by atoms with van der Waals surface area (Å²) in [6, 6.07) is 5.73. The highest BCUT2D eigenvalue weighted by Crippen LogP contribution is 2.31. The van der Waals surface area contributed by atoms with Crippen LogP contribution in [-0.2, 0) is 4.74 Å². The predicted molar refractivity (Wildman–Crippen MR) is 67.8 cm³/mol. The molecule has 1 unspecified atom stereocenters. The zero-order valence-electron chi connectivity index (χ0n) is 10.9. The van der Waals surface area contributed by atoms with Gasteiger partial charge in [0.05, 0.1) is 20.3 Å². The number of likely N-dealkylation sites (N-methyl/N-ethyl adjacent to an activating group) is 1. The molecule has 4 heteroatoms. The lowest BCUT2D eigenvalue weighted by Crippen LogP contribution is -2.20. The second-order valence-corrected chi connectivity index (χ2v) is 3.61. The lowest BCUT2D eigenvalue weighted by molar-refractivity contribution is 0.0618. The van der Waals surface area contributed by atoms with Crippen LogP contribution in [0.2, 0.25) is 0 Å². The van der Waals surface area contributed by atoms with Crippen LogP contribution >= 0.6 is 0 Å². The standard InChI is InChI=1S/C13H21NO3/c1-5-17-13(9-14-2)11-8-10(15-3)6-7-12(11)16-4/h6-8,13-14H,5,9H2,1-4H3. The third-order valence-electron chi connectivity index (χ3n) is 2.54. The first-order valence-corrected chi connectivity index (χ1v) is 5.74. The summed E-state index contributed by atoms with van der Waals surface area (Å²) in [5.41, 5.74) is 1.00. The number of hydrogen-bond acceptors (Lipinski definition) is 4. The molecule has 0 aromatic heterocycles. The van der Waals surface area contributed by atoms with Crippen molar-refractivity contribution >= 4 is 0 Å². The topological polar surface area (TPSA) is 39.7 Å². The molecule has 0 saturated carbocycles. The molecule has 0 fully saturated rings. The molecule has 0 amide bonds. The van der Waals surface area contributed by atoms with Crippen LogP contribution < -0.4 is 14.8 Å². The number of ether oxygens (including phenoxy) is 3. The van der Waals surface area contributed by atoms with E-state index in [2.05, 4.69) is 5.32 Å². The molecular formula is C13H21NO3. The Labute approximate surface area is 103 Å². The van der Waals surface area contributed by atoms with E-state index in [1.165, 1.54) is 0 Å². The maximum absolute atomic E-state index is 5.71. The quantitative estimate of drug-likeness (QED) is 0.790. The lowest BCUT2D eigenvalue weighted by Gasteiger charge is -2.20. The molecule has 0 radical (unpaired) electrons. The molecule has 1 atom stereocenters. The maximum atomic E-state index is 5.71. The average Bonchev–Trinajstić information content (AvgIpc) is 2.37. The minimum atomic E-state index is -0.0324. The third-order valence-corrected chi connectivity index (χ3v) is 2.54. The molecule has 1 aromatic carbocycles. The minimum Gasteiger partial charge on any atom is -0.497 e. The first-order valence-electron chi connectivity index (χ1n) is 5.74. The molecule has 17 heavy (non-hydrogen) atoms. The van der Waals surface area contributed by atoms with Crippen molar-refractivity contribution in [1.29, 1.82) is 0 Å². The van der Waals surface area contributed by atoms with Gasteiger partial charge in [-0.15, -0.1) is 0 Å². The molecule has 1 aromatic rings. The van der Waals surface area contributed by atoms with Gasteiger partial charge < -0.3 is 19.5 Å².